The molecule has 0 bridgehead atoms. The Hall–Kier alpha value is -0.640. The first-order chi connectivity index (χ1) is 7.99. The molecule has 1 rings (SSSR count). The van der Waals surface area contributed by atoms with Crippen molar-refractivity contribution in [2.45, 2.75) is 25.9 Å². The Kier molecular flexibility index (Phi) is 5.89. The molecule has 0 aliphatic carbocycles. The van der Waals surface area contributed by atoms with Crippen molar-refractivity contribution in [3.05, 3.63) is 34.6 Å². The van der Waals surface area contributed by atoms with E-state index in [1.54, 1.807) is 12.1 Å². The SMILES string of the molecule is CC(CCN(C)C)NCc1ccc(F)c(Cl)c1. The van der Waals surface area contributed by atoms with E-state index in [4.69, 9.17) is 11.6 Å². The second-order valence-electron chi connectivity index (χ2n) is 4.62. The van der Waals surface area contributed by atoms with Gasteiger partial charge in [0, 0.05) is 12.6 Å². The van der Waals surface area contributed by atoms with Gasteiger partial charge >= 0.3 is 0 Å². The number of nitrogens with zero attached hydrogens (tertiary/aromatic N) is 1. The van der Waals surface area contributed by atoms with Crippen LogP contribution in [0.25, 0.3) is 0 Å². The van der Waals surface area contributed by atoms with Crippen LogP contribution in [0.3, 0.4) is 0 Å². The van der Waals surface area contributed by atoms with Gasteiger partial charge in [0.1, 0.15) is 5.82 Å². The van der Waals surface area contributed by atoms with E-state index in [2.05, 4.69) is 31.2 Å². The smallest absolute Gasteiger partial charge is 0.141 e. The second-order valence-corrected chi connectivity index (χ2v) is 5.03. The third-order valence-electron chi connectivity index (χ3n) is 2.65. The molecular weight excluding hydrogens is 239 g/mol. The van der Waals surface area contributed by atoms with Gasteiger partial charge in [0.05, 0.1) is 5.02 Å². The summed E-state index contributed by atoms with van der Waals surface area (Å²) in [6.45, 7) is 3.92. The van der Waals surface area contributed by atoms with Crippen LogP contribution in [0.15, 0.2) is 18.2 Å². The lowest BCUT2D eigenvalue weighted by atomic mass is 10.2. The van der Waals surface area contributed by atoms with Gasteiger partial charge < -0.3 is 10.2 Å². The average Bonchev–Trinajstić information content (AvgIpc) is 2.28. The topological polar surface area (TPSA) is 15.3 Å². The molecule has 96 valence electrons. The Morgan fingerprint density at radius 1 is 1.41 bits per heavy atom. The van der Waals surface area contributed by atoms with E-state index in [0.29, 0.717) is 12.6 Å². The molecule has 0 aliphatic rings. The highest BCUT2D eigenvalue weighted by atomic mass is 35.5. The van der Waals surface area contributed by atoms with Gasteiger partial charge in [-0.25, -0.2) is 4.39 Å². The third kappa shape index (κ3) is 5.48. The Balaban J connectivity index is 2.36. The Morgan fingerprint density at radius 3 is 2.71 bits per heavy atom. The molecule has 2 nitrogen and oxygen atoms in total. The normalized spacial score (nSPS) is 13.1. The molecule has 1 aromatic carbocycles. The van der Waals surface area contributed by atoms with Gasteiger partial charge in [0.2, 0.25) is 0 Å². The summed E-state index contributed by atoms with van der Waals surface area (Å²) in [5.41, 5.74) is 1.01. The molecule has 1 atom stereocenters. The summed E-state index contributed by atoms with van der Waals surface area (Å²) in [7, 11) is 4.12. The van der Waals surface area contributed by atoms with Crippen LogP contribution in [0, 0.1) is 5.82 Å². The van der Waals surface area contributed by atoms with E-state index in [9.17, 15) is 4.39 Å². The maximum Gasteiger partial charge on any atom is 0.141 e. The van der Waals surface area contributed by atoms with Crippen molar-refractivity contribution in [1.29, 1.82) is 0 Å². The van der Waals surface area contributed by atoms with Crippen molar-refractivity contribution in [3.8, 4) is 0 Å². The lowest BCUT2D eigenvalue weighted by Gasteiger charge is -2.16. The number of benzene rings is 1. The Morgan fingerprint density at radius 2 is 2.12 bits per heavy atom. The molecule has 1 unspecified atom stereocenters. The minimum Gasteiger partial charge on any atom is -0.310 e. The van der Waals surface area contributed by atoms with Gasteiger partial charge in [-0.2, -0.15) is 0 Å². The van der Waals surface area contributed by atoms with Gasteiger partial charge in [-0.05, 0) is 51.7 Å². The highest BCUT2D eigenvalue weighted by Crippen LogP contribution is 2.15. The largest absolute Gasteiger partial charge is 0.310 e. The van der Waals surface area contributed by atoms with Crippen LogP contribution in [0.4, 0.5) is 4.39 Å². The number of rotatable bonds is 6. The van der Waals surface area contributed by atoms with Crippen molar-refractivity contribution in [1.82, 2.24) is 10.2 Å². The summed E-state index contributed by atoms with van der Waals surface area (Å²) in [5, 5.41) is 3.58. The summed E-state index contributed by atoms with van der Waals surface area (Å²) in [5.74, 6) is -0.365. The van der Waals surface area contributed by atoms with Gasteiger partial charge in [-0.1, -0.05) is 17.7 Å². The van der Waals surface area contributed by atoms with Gasteiger partial charge in [0.15, 0.2) is 0 Å². The van der Waals surface area contributed by atoms with Crippen molar-refractivity contribution in [2.75, 3.05) is 20.6 Å². The molecule has 0 saturated carbocycles. The molecule has 0 saturated heterocycles. The van der Waals surface area contributed by atoms with E-state index in [1.807, 2.05) is 0 Å². The van der Waals surface area contributed by atoms with Crippen LogP contribution in [-0.4, -0.2) is 31.6 Å². The number of halogens is 2. The van der Waals surface area contributed by atoms with Crippen molar-refractivity contribution >= 4 is 11.6 Å². The number of hydrogen-bond donors (Lipinski definition) is 1. The fourth-order valence-electron chi connectivity index (χ4n) is 1.50. The van der Waals surface area contributed by atoms with E-state index in [1.165, 1.54) is 6.07 Å². The molecule has 1 aromatic rings. The van der Waals surface area contributed by atoms with Crippen LogP contribution in [0.5, 0.6) is 0 Å². The van der Waals surface area contributed by atoms with Crippen LogP contribution in [0.1, 0.15) is 18.9 Å². The van der Waals surface area contributed by atoms with E-state index >= 15 is 0 Å². The first kappa shape index (κ1) is 14.4. The van der Waals surface area contributed by atoms with Crippen LogP contribution >= 0.6 is 11.6 Å². The monoisotopic (exact) mass is 258 g/mol. The summed E-state index contributed by atoms with van der Waals surface area (Å²) in [4.78, 5) is 2.16. The lowest BCUT2D eigenvalue weighted by molar-refractivity contribution is 0.365. The maximum atomic E-state index is 12.9. The van der Waals surface area contributed by atoms with Crippen LogP contribution < -0.4 is 5.32 Å². The highest BCUT2D eigenvalue weighted by Gasteiger charge is 2.04. The summed E-state index contributed by atoms with van der Waals surface area (Å²) < 4.78 is 12.9. The van der Waals surface area contributed by atoms with E-state index in [-0.39, 0.29) is 10.8 Å². The zero-order valence-electron chi connectivity index (χ0n) is 10.6. The molecule has 0 radical (unpaired) electrons. The molecule has 0 aromatic heterocycles. The fraction of sp³-hybridized carbons (Fsp3) is 0.538. The van der Waals surface area contributed by atoms with Crippen LogP contribution in [0.2, 0.25) is 5.02 Å². The third-order valence-corrected chi connectivity index (χ3v) is 2.94. The molecule has 0 fully saturated rings. The van der Waals surface area contributed by atoms with Gasteiger partial charge in [-0.15, -0.1) is 0 Å². The standard InChI is InChI=1S/C13H20ClFN2/c1-10(6-7-17(2)3)16-9-11-4-5-13(15)12(14)8-11/h4-5,8,10,16H,6-7,9H2,1-3H3. The zero-order chi connectivity index (χ0) is 12.8. The van der Waals surface area contributed by atoms with Crippen molar-refractivity contribution in [3.63, 3.8) is 0 Å². The molecule has 0 heterocycles. The molecule has 4 heteroatoms. The quantitative estimate of drug-likeness (QED) is 0.844. The predicted octanol–water partition coefficient (Wildman–Crippen LogP) is 2.91. The number of hydrogen-bond acceptors (Lipinski definition) is 2. The fourth-order valence-corrected chi connectivity index (χ4v) is 1.70. The van der Waals surface area contributed by atoms with Crippen molar-refractivity contribution < 1.29 is 4.39 Å². The first-order valence-corrected chi connectivity index (χ1v) is 6.19. The summed E-state index contributed by atoms with van der Waals surface area (Å²) in [6.07, 6.45) is 1.09. The second kappa shape index (κ2) is 6.94. The predicted molar refractivity (Wildman–Crippen MR) is 70.9 cm³/mol. The van der Waals surface area contributed by atoms with E-state index in [0.717, 1.165) is 18.5 Å². The summed E-state index contributed by atoms with van der Waals surface area (Å²) >= 11 is 5.72. The average molecular weight is 259 g/mol. The molecule has 1 N–H and O–H groups in total. The Labute approximate surface area is 108 Å². The Bertz CT molecular complexity index is 355. The van der Waals surface area contributed by atoms with Crippen molar-refractivity contribution in [2.24, 2.45) is 0 Å². The highest BCUT2D eigenvalue weighted by molar-refractivity contribution is 6.30. The molecular formula is C13H20ClFN2. The molecule has 0 spiro atoms. The molecule has 0 amide bonds. The number of nitrogens with one attached hydrogen (secondary N) is 1. The van der Waals surface area contributed by atoms with E-state index < -0.39 is 0 Å². The maximum absolute atomic E-state index is 12.9. The minimum atomic E-state index is -0.365. The van der Waals surface area contributed by atoms with Gasteiger partial charge in [0.25, 0.3) is 0 Å². The van der Waals surface area contributed by atoms with Gasteiger partial charge in [-0.3, -0.25) is 0 Å². The summed E-state index contributed by atoms with van der Waals surface area (Å²) in [6, 6.07) is 5.26. The van der Waals surface area contributed by atoms with Crippen LogP contribution in [-0.2, 0) is 6.54 Å². The molecule has 17 heavy (non-hydrogen) atoms. The molecule has 0 aliphatic heterocycles. The lowest BCUT2D eigenvalue weighted by Crippen LogP contribution is -2.29. The minimum absolute atomic E-state index is 0.185. The zero-order valence-corrected chi connectivity index (χ0v) is 11.4. The first-order valence-electron chi connectivity index (χ1n) is 5.81.